The molecule has 1 heterocycles. The number of hydrogen-bond donors (Lipinski definition) is 1. The molecule has 3 nitrogen and oxygen atoms in total. The lowest BCUT2D eigenvalue weighted by Gasteiger charge is -2.23. The van der Waals surface area contributed by atoms with E-state index in [0.717, 1.165) is 6.54 Å². The Morgan fingerprint density at radius 2 is 2.29 bits per heavy atom. The van der Waals surface area contributed by atoms with E-state index in [1.807, 2.05) is 4.90 Å². The lowest BCUT2D eigenvalue weighted by atomic mass is 9.83. The molecule has 0 saturated carbocycles. The minimum absolute atomic E-state index is 0.0245. The Morgan fingerprint density at radius 1 is 1.64 bits per heavy atom. The summed E-state index contributed by atoms with van der Waals surface area (Å²) in [5.41, 5.74) is 0.0245. The van der Waals surface area contributed by atoms with Gasteiger partial charge in [-0.1, -0.05) is 13.8 Å². The third kappa shape index (κ3) is 2.39. The SMILES string of the molecule is CC1(C)CN(C(=O)CCCl)CC1CO. The molecule has 0 aromatic carbocycles. The van der Waals surface area contributed by atoms with Gasteiger partial charge in [0.05, 0.1) is 0 Å². The van der Waals surface area contributed by atoms with E-state index in [1.54, 1.807) is 0 Å². The van der Waals surface area contributed by atoms with Gasteiger partial charge in [-0.2, -0.15) is 0 Å². The molecule has 82 valence electrons. The Balaban J connectivity index is 2.57. The first-order valence-corrected chi connectivity index (χ1v) is 5.49. The summed E-state index contributed by atoms with van der Waals surface area (Å²) in [5.74, 6) is 0.672. The Morgan fingerprint density at radius 3 is 2.71 bits per heavy atom. The largest absolute Gasteiger partial charge is 0.396 e. The van der Waals surface area contributed by atoms with Crippen LogP contribution in [-0.2, 0) is 4.79 Å². The lowest BCUT2D eigenvalue weighted by Crippen LogP contribution is -2.30. The van der Waals surface area contributed by atoms with Gasteiger partial charge in [-0.25, -0.2) is 0 Å². The molecule has 1 aliphatic rings. The van der Waals surface area contributed by atoms with Crippen molar-refractivity contribution in [3.63, 3.8) is 0 Å². The molecular weight excluding hydrogens is 202 g/mol. The Bertz CT molecular complexity index is 218. The molecule has 0 bridgehead atoms. The number of likely N-dealkylation sites (tertiary alicyclic amines) is 1. The molecule has 0 spiro atoms. The molecule has 1 rings (SSSR count). The molecule has 14 heavy (non-hydrogen) atoms. The average Bonchev–Trinajstić information content (AvgIpc) is 2.41. The minimum atomic E-state index is 0.0245. The number of carbonyl (C=O) groups excluding carboxylic acids is 1. The number of rotatable bonds is 3. The minimum Gasteiger partial charge on any atom is -0.396 e. The predicted molar refractivity (Wildman–Crippen MR) is 56.3 cm³/mol. The molecule has 1 amide bonds. The third-order valence-electron chi connectivity index (χ3n) is 3.03. The highest BCUT2D eigenvalue weighted by molar-refractivity contribution is 6.18. The maximum Gasteiger partial charge on any atom is 0.223 e. The highest BCUT2D eigenvalue weighted by Crippen LogP contribution is 2.34. The zero-order valence-electron chi connectivity index (χ0n) is 8.79. The lowest BCUT2D eigenvalue weighted by molar-refractivity contribution is -0.130. The summed E-state index contributed by atoms with van der Waals surface area (Å²) in [4.78, 5) is 13.4. The van der Waals surface area contributed by atoms with Crippen LogP contribution >= 0.6 is 11.6 Å². The van der Waals surface area contributed by atoms with Crippen molar-refractivity contribution in [1.29, 1.82) is 0 Å². The van der Waals surface area contributed by atoms with Crippen molar-refractivity contribution >= 4 is 17.5 Å². The highest BCUT2D eigenvalue weighted by Gasteiger charge is 2.40. The summed E-state index contributed by atoms with van der Waals surface area (Å²) in [6.07, 6.45) is 0.399. The molecule has 1 fully saturated rings. The second-order valence-electron chi connectivity index (χ2n) is 4.58. The van der Waals surface area contributed by atoms with Crippen molar-refractivity contribution in [2.45, 2.75) is 20.3 Å². The molecule has 0 aliphatic carbocycles. The van der Waals surface area contributed by atoms with Crippen LogP contribution in [0.5, 0.6) is 0 Å². The first-order valence-electron chi connectivity index (χ1n) is 4.96. The summed E-state index contributed by atoms with van der Waals surface area (Å²) < 4.78 is 0. The van der Waals surface area contributed by atoms with Crippen molar-refractivity contribution in [2.75, 3.05) is 25.6 Å². The quantitative estimate of drug-likeness (QED) is 0.722. The summed E-state index contributed by atoms with van der Waals surface area (Å²) in [6.45, 7) is 5.72. The maximum atomic E-state index is 11.6. The summed E-state index contributed by atoms with van der Waals surface area (Å²) in [7, 11) is 0. The summed E-state index contributed by atoms with van der Waals surface area (Å²) >= 11 is 5.52. The second kappa shape index (κ2) is 4.49. The van der Waals surface area contributed by atoms with Crippen LogP contribution in [0.1, 0.15) is 20.3 Å². The molecule has 1 unspecified atom stereocenters. The van der Waals surface area contributed by atoms with Crippen LogP contribution < -0.4 is 0 Å². The van der Waals surface area contributed by atoms with Crippen LogP contribution in [0.15, 0.2) is 0 Å². The van der Waals surface area contributed by atoms with Gasteiger partial charge in [0.15, 0.2) is 0 Å². The fourth-order valence-corrected chi connectivity index (χ4v) is 2.09. The number of amides is 1. The monoisotopic (exact) mass is 219 g/mol. The number of aliphatic hydroxyl groups is 1. The second-order valence-corrected chi connectivity index (χ2v) is 4.96. The maximum absolute atomic E-state index is 11.6. The van der Waals surface area contributed by atoms with Crippen LogP contribution in [0.3, 0.4) is 0 Å². The summed E-state index contributed by atoms with van der Waals surface area (Å²) in [6, 6.07) is 0. The Labute approximate surface area is 90.0 Å². The first-order chi connectivity index (χ1) is 6.51. The van der Waals surface area contributed by atoms with E-state index in [9.17, 15) is 4.79 Å². The van der Waals surface area contributed by atoms with Crippen molar-refractivity contribution in [2.24, 2.45) is 11.3 Å². The number of carbonyl (C=O) groups is 1. The van der Waals surface area contributed by atoms with E-state index in [4.69, 9.17) is 16.7 Å². The van der Waals surface area contributed by atoms with E-state index >= 15 is 0 Å². The molecule has 1 saturated heterocycles. The third-order valence-corrected chi connectivity index (χ3v) is 3.21. The van der Waals surface area contributed by atoms with Crippen LogP contribution in [0.25, 0.3) is 0 Å². The predicted octanol–water partition coefficient (Wildman–Crippen LogP) is 1.09. The fourth-order valence-electron chi connectivity index (χ4n) is 1.93. The van der Waals surface area contributed by atoms with E-state index < -0.39 is 0 Å². The summed E-state index contributed by atoms with van der Waals surface area (Å²) in [5, 5.41) is 9.17. The number of halogens is 1. The zero-order chi connectivity index (χ0) is 10.8. The molecular formula is C10H18ClNO2. The number of nitrogens with zero attached hydrogens (tertiary/aromatic N) is 1. The van der Waals surface area contributed by atoms with Gasteiger partial charge in [0.25, 0.3) is 0 Å². The topological polar surface area (TPSA) is 40.5 Å². The van der Waals surface area contributed by atoms with Gasteiger partial charge in [0.2, 0.25) is 5.91 Å². The van der Waals surface area contributed by atoms with Gasteiger partial charge >= 0.3 is 0 Å². The molecule has 1 aliphatic heterocycles. The fraction of sp³-hybridized carbons (Fsp3) is 0.900. The normalized spacial score (nSPS) is 25.4. The van der Waals surface area contributed by atoms with Crippen molar-refractivity contribution < 1.29 is 9.90 Å². The van der Waals surface area contributed by atoms with E-state index in [-0.39, 0.29) is 23.8 Å². The molecule has 0 radical (unpaired) electrons. The average molecular weight is 220 g/mol. The molecule has 0 aromatic heterocycles. The highest BCUT2D eigenvalue weighted by atomic mass is 35.5. The molecule has 1 atom stereocenters. The molecule has 1 N–H and O–H groups in total. The van der Waals surface area contributed by atoms with E-state index in [1.165, 1.54) is 0 Å². The van der Waals surface area contributed by atoms with Gasteiger partial charge in [-0.3, -0.25) is 4.79 Å². The van der Waals surface area contributed by atoms with Gasteiger partial charge in [0, 0.05) is 37.9 Å². The Hall–Kier alpha value is -0.280. The molecule has 4 heteroatoms. The van der Waals surface area contributed by atoms with Crippen molar-refractivity contribution in [1.82, 2.24) is 4.90 Å². The Kier molecular flexibility index (Phi) is 3.78. The van der Waals surface area contributed by atoms with Crippen molar-refractivity contribution in [3.8, 4) is 0 Å². The van der Waals surface area contributed by atoms with Crippen LogP contribution in [0.4, 0.5) is 0 Å². The zero-order valence-corrected chi connectivity index (χ0v) is 9.55. The van der Waals surface area contributed by atoms with Crippen molar-refractivity contribution in [3.05, 3.63) is 0 Å². The van der Waals surface area contributed by atoms with Gasteiger partial charge in [-0.05, 0) is 5.41 Å². The molecule has 0 aromatic rings. The van der Waals surface area contributed by atoms with E-state index in [0.29, 0.717) is 18.8 Å². The first kappa shape index (κ1) is 11.8. The van der Waals surface area contributed by atoms with Crippen LogP contribution in [-0.4, -0.2) is 41.5 Å². The van der Waals surface area contributed by atoms with Gasteiger partial charge in [-0.15, -0.1) is 11.6 Å². The van der Waals surface area contributed by atoms with E-state index in [2.05, 4.69) is 13.8 Å². The smallest absolute Gasteiger partial charge is 0.223 e. The standard InChI is InChI=1S/C10H18ClNO2/c1-10(2)7-12(5-8(10)6-13)9(14)3-4-11/h8,13H,3-7H2,1-2H3. The van der Waals surface area contributed by atoms with Gasteiger partial charge in [0.1, 0.15) is 0 Å². The number of hydrogen-bond acceptors (Lipinski definition) is 2. The number of aliphatic hydroxyl groups excluding tert-OH is 1. The van der Waals surface area contributed by atoms with Gasteiger partial charge < -0.3 is 10.0 Å². The van der Waals surface area contributed by atoms with Crippen LogP contribution in [0, 0.1) is 11.3 Å². The van der Waals surface area contributed by atoms with Crippen LogP contribution in [0.2, 0.25) is 0 Å². The number of alkyl halides is 1.